The van der Waals surface area contributed by atoms with Gasteiger partial charge in [-0.1, -0.05) is 119 Å². The minimum absolute atomic E-state index is 0. The van der Waals surface area contributed by atoms with Gasteiger partial charge in [0.1, 0.15) is 0 Å². The molecule has 0 nitrogen and oxygen atoms in total. The zero-order valence-corrected chi connectivity index (χ0v) is 25.1. The fourth-order valence-corrected chi connectivity index (χ4v) is 15.0. The molecule has 6 atom stereocenters. The second kappa shape index (κ2) is 13.1. The molecule has 174 valence electrons. The van der Waals surface area contributed by atoms with E-state index in [1.807, 2.05) is 5.19 Å². The van der Waals surface area contributed by atoms with E-state index in [9.17, 15) is 0 Å². The zero-order chi connectivity index (χ0) is 20.3. The quantitative estimate of drug-likeness (QED) is 0.256. The summed E-state index contributed by atoms with van der Waals surface area (Å²) in [5.74, 6) is 4.35. The van der Waals surface area contributed by atoms with Crippen molar-refractivity contribution in [1.29, 1.82) is 0 Å². The third-order valence-electron chi connectivity index (χ3n) is 9.60. The number of hydrogen-bond acceptors (Lipinski definition) is 0. The first-order valence-corrected chi connectivity index (χ1v) is 21.2. The molecular weight excluding hydrogens is 515 g/mol. The molecule has 1 aromatic rings. The van der Waals surface area contributed by atoms with Crippen LogP contribution in [-0.2, 0) is 20.8 Å². The number of halogens is 2. The molecule has 0 saturated heterocycles. The van der Waals surface area contributed by atoms with Gasteiger partial charge in [0.15, 0.2) is 0 Å². The fourth-order valence-electron chi connectivity index (χ4n) is 8.45. The van der Waals surface area contributed by atoms with Crippen LogP contribution in [0.25, 0.3) is 0 Å². The van der Waals surface area contributed by atoms with Crippen LogP contribution in [0.1, 0.15) is 77.0 Å². The van der Waals surface area contributed by atoms with Crippen molar-refractivity contribution < 1.29 is 20.8 Å². The molecule has 0 amide bonds. The van der Waals surface area contributed by atoms with Gasteiger partial charge in [-0.05, 0) is 34.8 Å². The van der Waals surface area contributed by atoms with E-state index in [1.165, 1.54) is 25.7 Å². The molecule has 0 heterocycles. The molecule has 4 aliphatic carbocycles. The summed E-state index contributed by atoms with van der Waals surface area (Å²) in [4.78, 5) is 0. The molecule has 0 bridgehead atoms. The van der Waals surface area contributed by atoms with Crippen LogP contribution in [0, 0.1) is 38.5 Å². The molecule has 0 radical (unpaired) electrons. The van der Waals surface area contributed by atoms with Gasteiger partial charge in [0.2, 0.25) is 0 Å². The monoisotopic (exact) mass is 556 g/mol. The first-order valence-electron chi connectivity index (χ1n) is 12.2. The summed E-state index contributed by atoms with van der Waals surface area (Å²) in [5.41, 5.74) is 2.17. The SMILES string of the molecule is C[Si](c1ccccc1)(C1CCC2CCCCC21)C1CCC2CCCCC21.[CH3-].[CH3-].[Cl][Zr+2][Cl]. The topological polar surface area (TPSA) is 0 Å². The average Bonchev–Trinajstić information content (AvgIpc) is 3.39. The van der Waals surface area contributed by atoms with Gasteiger partial charge in [0.25, 0.3) is 0 Å². The molecule has 4 fully saturated rings. The molecule has 31 heavy (non-hydrogen) atoms. The Labute approximate surface area is 213 Å². The molecule has 0 N–H and O–H groups in total. The molecule has 0 aromatic heterocycles. The normalized spacial score (nSPS) is 35.6. The molecule has 4 aliphatic rings. The van der Waals surface area contributed by atoms with Gasteiger partial charge in [0.05, 0.1) is 8.07 Å². The van der Waals surface area contributed by atoms with Gasteiger partial charge in [-0.25, -0.2) is 0 Å². The van der Waals surface area contributed by atoms with Crippen molar-refractivity contribution in [2.45, 2.75) is 94.7 Å². The number of fused-ring (bicyclic) bond motifs is 2. The Kier molecular flexibility index (Phi) is 11.9. The van der Waals surface area contributed by atoms with Crippen molar-refractivity contribution in [2.75, 3.05) is 0 Å². The third kappa shape index (κ3) is 5.77. The van der Waals surface area contributed by atoms with E-state index in [0.29, 0.717) is 0 Å². The van der Waals surface area contributed by atoms with Crippen molar-refractivity contribution in [3.63, 3.8) is 0 Å². The van der Waals surface area contributed by atoms with E-state index >= 15 is 0 Å². The van der Waals surface area contributed by atoms with Gasteiger partial charge in [0, 0.05) is 0 Å². The summed E-state index contributed by atoms with van der Waals surface area (Å²) in [5, 5.41) is 1.83. The Morgan fingerprint density at radius 1 is 0.677 bits per heavy atom. The third-order valence-corrected chi connectivity index (χ3v) is 15.7. The minimum atomic E-state index is -1.48. The van der Waals surface area contributed by atoms with E-state index < -0.39 is 28.9 Å². The summed E-state index contributed by atoms with van der Waals surface area (Å²) in [6, 6.07) is 12.0. The summed E-state index contributed by atoms with van der Waals surface area (Å²) < 4.78 is 0. The van der Waals surface area contributed by atoms with Gasteiger partial charge in [-0.2, -0.15) is 0 Å². The standard InChI is InChI=1S/C25H38Si.2CH3.2ClH.Zr/c1-26(21-11-3-2-4-12-21,24-17-15-19-9-5-7-13-22(19)24)25-18-16-20-10-6-8-14-23(20)25;;;;;/h2-4,11-12,19-20,22-25H,5-10,13-18H2,1H3;2*1H3;2*1H;/q;2*-1;;;+4/p-2. The molecule has 5 rings (SSSR count). The fraction of sp³-hybridized carbons (Fsp3) is 0.704. The zero-order valence-electron chi connectivity index (χ0n) is 20.1. The van der Waals surface area contributed by atoms with Gasteiger partial charge < -0.3 is 14.9 Å². The summed E-state index contributed by atoms with van der Waals surface area (Å²) in [7, 11) is 8.39. The first-order chi connectivity index (χ1) is 14.2. The Balaban J connectivity index is 0.000000648. The number of rotatable bonds is 3. The van der Waals surface area contributed by atoms with Crippen molar-refractivity contribution in [3.8, 4) is 0 Å². The predicted molar refractivity (Wildman–Crippen MR) is 139 cm³/mol. The van der Waals surface area contributed by atoms with Crippen LogP contribution in [0.2, 0.25) is 17.6 Å². The van der Waals surface area contributed by atoms with Crippen molar-refractivity contribution >= 4 is 30.3 Å². The summed E-state index contributed by atoms with van der Waals surface area (Å²) >= 11 is -0.826. The summed E-state index contributed by atoms with van der Waals surface area (Å²) in [6.07, 6.45) is 18.6. The van der Waals surface area contributed by atoms with Gasteiger partial charge >= 0.3 is 37.9 Å². The van der Waals surface area contributed by atoms with Crippen molar-refractivity contribution in [3.05, 3.63) is 45.2 Å². The average molecular weight is 559 g/mol. The van der Waals surface area contributed by atoms with Crippen LogP contribution in [0.5, 0.6) is 0 Å². The molecule has 0 spiro atoms. The van der Waals surface area contributed by atoms with Crippen molar-refractivity contribution in [2.24, 2.45) is 23.7 Å². The van der Waals surface area contributed by atoms with Crippen LogP contribution < -0.4 is 5.19 Å². The maximum atomic E-state index is 4.93. The summed E-state index contributed by atoms with van der Waals surface area (Å²) in [6.45, 7) is 2.87. The molecule has 4 saturated carbocycles. The van der Waals surface area contributed by atoms with Gasteiger partial charge in [-0.15, -0.1) is 0 Å². The van der Waals surface area contributed by atoms with E-state index in [2.05, 4.69) is 36.9 Å². The Morgan fingerprint density at radius 2 is 1.10 bits per heavy atom. The molecule has 0 aliphatic heterocycles. The van der Waals surface area contributed by atoms with Crippen molar-refractivity contribution in [1.82, 2.24) is 0 Å². The van der Waals surface area contributed by atoms with E-state index in [0.717, 1.165) is 34.8 Å². The number of benzene rings is 1. The predicted octanol–water partition coefficient (Wildman–Crippen LogP) is 9.19. The van der Waals surface area contributed by atoms with Crippen LogP contribution >= 0.6 is 17.0 Å². The first kappa shape index (κ1) is 28.1. The molecule has 6 unspecified atom stereocenters. The Bertz CT molecular complexity index is 607. The van der Waals surface area contributed by atoms with Gasteiger partial charge in [-0.3, -0.25) is 0 Å². The van der Waals surface area contributed by atoms with Crippen LogP contribution in [0.4, 0.5) is 0 Å². The molecular formula is C27H44Cl2SiZr. The van der Waals surface area contributed by atoms with Crippen LogP contribution in [0.3, 0.4) is 0 Å². The van der Waals surface area contributed by atoms with E-state index in [1.54, 1.807) is 51.4 Å². The second-order valence-electron chi connectivity index (χ2n) is 10.5. The molecule has 4 heteroatoms. The molecule has 1 aromatic carbocycles. The van der Waals surface area contributed by atoms with Crippen LogP contribution in [-0.4, -0.2) is 8.07 Å². The van der Waals surface area contributed by atoms with Crippen LogP contribution in [0.15, 0.2) is 30.3 Å². The second-order valence-corrected chi connectivity index (χ2v) is 18.9. The Morgan fingerprint density at radius 3 is 1.55 bits per heavy atom. The van der Waals surface area contributed by atoms with E-state index in [4.69, 9.17) is 17.0 Å². The maximum absolute atomic E-state index is 4.93. The van der Waals surface area contributed by atoms with E-state index in [-0.39, 0.29) is 14.9 Å². The number of hydrogen-bond donors (Lipinski definition) is 0. The Hall–Kier alpha value is 0.900.